The molecule has 6 N–H and O–H groups in total. The van der Waals surface area contributed by atoms with E-state index in [9.17, 15) is 18.0 Å². The molecule has 2 amide bonds. The Bertz CT molecular complexity index is 1620. The molecule has 0 spiro atoms. The number of hydrogen-bond donors (Lipinski definition) is 4. The zero-order chi connectivity index (χ0) is 32.5. The van der Waals surface area contributed by atoms with Crippen LogP contribution in [0.4, 0.5) is 5.13 Å². The minimum atomic E-state index is -4.95. The molecule has 1 aliphatic carbocycles. The van der Waals surface area contributed by atoms with Crippen molar-refractivity contribution >= 4 is 50.2 Å². The van der Waals surface area contributed by atoms with Crippen molar-refractivity contribution in [1.82, 2.24) is 15.4 Å². The Kier molecular flexibility index (Phi) is 9.34. The number of carbonyl (C=O) groups excluding carboxylic acids is 2. The molecule has 1 aromatic heterocycles. The van der Waals surface area contributed by atoms with Crippen LogP contribution in [0.25, 0.3) is 0 Å². The summed E-state index contributed by atoms with van der Waals surface area (Å²) >= 11 is 1.08. The molecule has 1 aromatic carbocycles. The van der Waals surface area contributed by atoms with E-state index < -0.39 is 39.9 Å². The molecule has 5 rings (SSSR count). The van der Waals surface area contributed by atoms with Crippen molar-refractivity contribution in [3.63, 3.8) is 0 Å². The lowest BCUT2D eigenvalue weighted by molar-refractivity contribution is -0.218. The number of benzene rings is 1. The number of carbonyl (C=O) groups is 2. The topological polar surface area (TPSA) is 221 Å². The van der Waals surface area contributed by atoms with Gasteiger partial charge in [0.15, 0.2) is 16.9 Å². The van der Waals surface area contributed by atoms with E-state index in [1.807, 2.05) is 18.2 Å². The largest absolute Gasteiger partial charge is 0.486 e. The van der Waals surface area contributed by atoms with E-state index >= 15 is 0 Å². The SMILES string of the molecule is CC(O/N=C(\C(=O)NC1C(=O)N(OS(=O)(=O)O)C1(C)C)c1csc(N)n1)C1CCc2cc(C(N)=NC3CCCCC3)ccc2O1. The maximum atomic E-state index is 13.3. The van der Waals surface area contributed by atoms with Gasteiger partial charge in [-0.15, -0.1) is 15.6 Å². The van der Waals surface area contributed by atoms with E-state index in [0.29, 0.717) is 29.5 Å². The third kappa shape index (κ3) is 7.37. The average Bonchev–Trinajstić information content (AvgIpc) is 3.43. The predicted octanol–water partition coefficient (Wildman–Crippen LogP) is 2.11. The number of amides is 2. The average molecular weight is 664 g/mol. The molecule has 0 bridgehead atoms. The number of nitrogens with one attached hydrogen (secondary N) is 1. The normalized spacial score (nSPS) is 23.0. The van der Waals surface area contributed by atoms with Crippen molar-refractivity contribution in [1.29, 1.82) is 0 Å². The second kappa shape index (κ2) is 12.9. The fourth-order valence-corrected chi connectivity index (χ4v) is 6.61. The van der Waals surface area contributed by atoms with E-state index in [1.54, 1.807) is 6.92 Å². The maximum absolute atomic E-state index is 13.3. The zero-order valence-corrected chi connectivity index (χ0v) is 26.8. The molecule has 3 unspecified atom stereocenters. The molecule has 17 heteroatoms. The van der Waals surface area contributed by atoms with Gasteiger partial charge in [-0.3, -0.25) is 19.1 Å². The van der Waals surface area contributed by atoms with Crippen LogP contribution in [0.5, 0.6) is 5.75 Å². The third-order valence-corrected chi connectivity index (χ3v) is 9.18. The Morgan fingerprint density at radius 1 is 1.27 bits per heavy atom. The summed E-state index contributed by atoms with van der Waals surface area (Å²) < 4.78 is 41.8. The smallest absolute Gasteiger partial charge is 0.418 e. The van der Waals surface area contributed by atoms with Crippen molar-refractivity contribution in [2.45, 2.75) is 95.5 Å². The van der Waals surface area contributed by atoms with E-state index in [4.69, 9.17) is 30.6 Å². The van der Waals surface area contributed by atoms with Crippen LogP contribution in [-0.2, 0) is 35.5 Å². The molecule has 3 aliphatic rings. The number of nitrogen functional groups attached to an aromatic ring is 1. The Labute approximate surface area is 264 Å². The van der Waals surface area contributed by atoms with Gasteiger partial charge in [-0.1, -0.05) is 24.4 Å². The van der Waals surface area contributed by atoms with Crippen LogP contribution < -0.4 is 21.5 Å². The molecule has 1 saturated carbocycles. The Balaban J connectivity index is 1.25. The first-order valence-electron chi connectivity index (χ1n) is 14.6. The van der Waals surface area contributed by atoms with E-state index in [0.717, 1.165) is 35.3 Å². The first-order valence-corrected chi connectivity index (χ1v) is 16.9. The number of hydroxylamine groups is 2. The van der Waals surface area contributed by atoms with Crippen LogP contribution >= 0.6 is 11.3 Å². The first-order chi connectivity index (χ1) is 21.2. The lowest BCUT2D eigenvalue weighted by Gasteiger charge is -2.50. The highest BCUT2D eigenvalue weighted by molar-refractivity contribution is 7.80. The summed E-state index contributed by atoms with van der Waals surface area (Å²) in [5, 5.41) is 8.75. The number of nitrogens with two attached hydrogens (primary N) is 2. The number of anilines is 1. The van der Waals surface area contributed by atoms with Crippen molar-refractivity contribution in [2.75, 3.05) is 5.73 Å². The Morgan fingerprint density at radius 3 is 2.64 bits per heavy atom. The van der Waals surface area contributed by atoms with Gasteiger partial charge in [-0.2, -0.15) is 13.5 Å². The lowest BCUT2D eigenvalue weighted by atomic mass is 9.84. The number of rotatable bonds is 10. The number of oxime groups is 1. The monoisotopic (exact) mass is 663 g/mol. The summed E-state index contributed by atoms with van der Waals surface area (Å²) in [5.74, 6) is -0.471. The van der Waals surface area contributed by atoms with Crippen LogP contribution in [-0.4, -0.2) is 76.2 Å². The van der Waals surface area contributed by atoms with Gasteiger partial charge in [-0.05, 0) is 70.2 Å². The molecule has 3 heterocycles. The number of β-lactam (4-membered cyclic amide) rings is 1. The summed E-state index contributed by atoms with van der Waals surface area (Å²) in [6, 6.07) is 4.86. The van der Waals surface area contributed by atoms with Crippen LogP contribution in [0.3, 0.4) is 0 Å². The number of aromatic nitrogens is 1. The molecule has 1 saturated heterocycles. The number of ether oxygens (including phenoxy) is 1. The van der Waals surface area contributed by atoms with Crippen LogP contribution in [0, 0.1) is 0 Å². The third-order valence-electron chi connectivity index (χ3n) is 8.16. The molecular formula is C28H37N7O8S2. The molecule has 2 aliphatic heterocycles. The molecule has 3 atom stereocenters. The van der Waals surface area contributed by atoms with Gasteiger partial charge in [-0.25, -0.2) is 4.98 Å². The highest BCUT2D eigenvalue weighted by Crippen LogP contribution is 2.33. The summed E-state index contributed by atoms with van der Waals surface area (Å²) in [7, 11) is -4.95. The van der Waals surface area contributed by atoms with Crippen molar-refractivity contribution < 1.29 is 36.4 Å². The lowest BCUT2D eigenvalue weighted by Crippen LogP contribution is -2.76. The minimum absolute atomic E-state index is 0.118. The van der Waals surface area contributed by atoms with Gasteiger partial charge >= 0.3 is 10.4 Å². The number of nitrogens with zero attached hydrogens (tertiary/aromatic N) is 4. The molecule has 15 nitrogen and oxygen atoms in total. The highest BCUT2D eigenvalue weighted by atomic mass is 32.3. The molecule has 2 fully saturated rings. The fourth-order valence-electron chi connectivity index (χ4n) is 5.60. The van der Waals surface area contributed by atoms with E-state index in [2.05, 4.69) is 19.7 Å². The molecule has 244 valence electrons. The van der Waals surface area contributed by atoms with Gasteiger partial charge in [0.1, 0.15) is 29.4 Å². The summed E-state index contributed by atoms with van der Waals surface area (Å²) in [4.78, 5) is 40.5. The fraction of sp³-hybridized carbons (Fsp3) is 0.536. The minimum Gasteiger partial charge on any atom is -0.486 e. The second-order valence-corrected chi connectivity index (χ2v) is 13.7. The standard InChI is InChI=1S/C28H37N7O8S2/c1-15(20-11-9-16-13-17(10-12-21(16)41-20)24(29)31-18-7-5-4-6-8-18)42-34-22(19-14-44-27(30)32-19)25(36)33-23-26(37)35(28(23,2)3)43-45(38,39)40/h10,12-15,18,20,23H,4-9,11H2,1-3H3,(H2,29,31)(H2,30,32)(H,33,36)(H,38,39,40)/b34-22-. The molecule has 2 aromatic rings. The number of aliphatic imine (C=N–C) groups is 1. The van der Waals surface area contributed by atoms with Gasteiger partial charge in [0.05, 0.1) is 11.6 Å². The van der Waals surface area contributed by atoms with Crippen molar-refractivity contribution in [2.24, 2.45) is 15.9 Å². The Hall–Kier alpha value is -3.80. The molecule has 0 radical (unpaired) electrons. The van der Waals surface area contributed by atoms with Gasteiger partial charge in [0.2, 0.25) is 0 Å². The quantitative estimate of drug-likeness (QED) is 0.0948. The Morgan fingerprint density at radius 2 is 2.00 bits per heavy atom. The van der Waals surface area contributed by atoms with Crippen molar-refractivity contribution in [3.05, 3.63) is 40.4 Å². The van der Waals surface area contributed by atoms with Crippen LogP contribution in [0.2, 0.25) is 0 Å². The number of thiazole rings is 1. The van der Waals surface area contributed by atoms with Crippen LogP contribution in [0.1, 0.15) is 76.1 Å². The second-order valence-electron chi connectivity index (χ2n) is 11.8. The van der Waals surface area contributed by atoms with E-state index in [-0.39, 0.29) is 28.7 Å². The van der Waals surface area contributed by atoms with Gasteiger partial charge < -0.3 is 26.4 Å². The number of hydrogen-bond acceptors (Lipinski definition) is 12. The number of aryl methyl sites for hydroxylation is 1. The summed E-state index contributed by atoms with van der Waals surface area (Å²) in [6.07, 6.45) is 6.10. The maximum Gasteiger partial charge on any atom is 0.418 e. The number of amidine groups is 1. The first kappa shape index (κ1) is 32.6. The van der Waals surface area contributed by atoms with Gasteiger partial charge in [0, 0.05) is 10.9 Å². The predicted molar refractivity (Wildman–Crippen MR) is 166 cm³/mol. The van der Waals surface area contributed by atoms with Crippen LogP contribution in [0.15, 0.2) is 33.7 Å². The van der Waals surface area contributed by atoms with Crippen molar-refractivity contribution in [3.8, 4) is 5.75 Å². The number of fused-ring (bicyclic) bond motifs is 1. The summed E-state index contributed by atoms with van der Waals surface area (Å²) in [5.41, 5.74) is 12.5. The summed E-state index contributed by atoms with van der Waals surface area (Å²) in [6.45, 7) is 4.65. The van der Waals surface area contributed by atoms with Gasteiger partial charge in [0.25, 0.3) is 11.8 Å². The highest BCUT2D eigenvalue weighted by Gasteiger charge is 2.58. The zero-order valence-electron chi connectivity index (χ0n) is 25.1. The van der Waals surface area contributed by atoms with E-state index in [1.165, 1.54) is 38.5 Å². The molecular weight excluding hydrogens is 626 g/mol. The molecule has 45 heavy (non-hydrogen) atoms.